The number of sulfone groups is 1. The molecule has 3 rings (SSSR count). The average Bonchev–Trinajstić information content (AvgIpc) is 3.02. The van der Waals surface area contributed by atoms with Crippen molar-refractivity contribution < 1.29 is 8.42 Å². The Bertz CT molecular complexity index is 891. The van der Waals surface area contributed by atoms with Crippen LogP contribution >= 0.6 is 12.4 Å². The Balaban J connectivity index is 0.00000208. The molecule has 0 bridgehead atoms. The van der Waals surface area contributed by atoms with E-state index in [2.05, 4.69) is 5.32 Å². The van der Waals surface area contributed by atoms with Gasteiger partial charge in [-0.1, -0.05) is 36.4 Å². The molecule has 2 aromatic carbocycles. The first-order chi connectivity index (χ1) is 11.1. The van der Waals surface area contributed by atoms with Crippen molar-refractivity contribution in [3.63, 3.8) is 0 Å². The molecule has 0 aliphatic heterocycles. The van der Waals surface area contributed by atoms with Crippen LogP contribution in [-0.2, 0) is 16.4 Å². The van der Waals surface area contributed by atoms with Gasteiger partial charge in [0.2, 0.25) is 9.84 Å². The Hall–Kier alpha value is -2.08. The maximum atomic E-state index is 13.0. The van der Waals surface area contributed by atoms with Crippen LogP contribution in [0.5, 0.6) is 0 Å². The van der Waals surface area contributed by atoms with E-state index in [0.29, 0.717) is 11.4 Å². The van der Waals surface area contributed by atoms with Crippen LogP contribution in [0.25, 0.3) is 5.69 Å². The number of hydrogen-bond acceptors (Lipinski definition) is 3. The van der Waals surface area contributed by atoms with Crippen molar-refractivity contribution in [3.05, 3.63) is 78.5 Å². The van der Waals surface area contributed by atoms with Gasteiger partial charge in [-0.2, -0.15) is 0 Å². The van der Waals surface area contributed by atoms with Crippen LogP contribution in [0.4, 0.5) is 0 Å². The molecule has 1 heterocycles. The minimum absolute atomic E-state index is 0. The van der Waals surface area contributed by atoms with Crippen molar-refractivity contribution in [3.8, 4) is 5.69 Å². The van der Waals surface area contributed by atoms with Gasteiger partial charge in [-0.05, 0) is 42.9 Å². The Morgan fingerprint density at radius 2 is 1.54 bits per heavy atom. The molecule has 0 radical (unpaired) electrons. The Kier molecular flexibility index (Phi) is 5.83. The highest BCUT2D eigenvalue weighted by atomic mass is 35.5. The van der Waals surface area contributed by atoms with Crippen LogP contribution in [0.1, 0.15) is 5.56 Å². The fourth-order valence-electron chi connectivity index (χ4n) is 2.51. The fourth-order valence-corrected chi connectivity index (χ4v) is 3.99. The first kappa shape index (κ1) is 18.3. The molecule has 1 N–H and O–H groups in total. The summed E-state index contributed by atoms with van der Waals surface area (Å²) >= 11 is 0. The molecule has 3 aromatic rings. The van der Waals surface area contributed by atoms with Gasteiger partial charge in [0.15, 0.2) is 0 Å². The van der Waals surface area contributed by atoms with Gasteiger partial charge in [0.25, 0.3) is 0 Å². The molecular weight excluding hydrogens is 344 g/mol. The van der Waals surface area contributed by atoms with E-state index < -0.39 is 9.84 Å². The van der Waals surface area contributed by atoms with E-state index in [4.69, 9.17) is 0 Å². The second-order valence-corrected chi connectivity index (χ2v) is 7.14. The predicted molar refractivity (Wildman–Crippen MR) is 97.7 cm³/mol. The second-order valence-electron chi connectivity index (χ2n) is 5.24. The molecular formula is C18H19ClN2O2S. The van der Waals surface area contributed by atoms with E-state index in [0.717, 1.165) is 11.3 Å². The van der Waals surface area contributed by atoms with Crippen LogP contribution in [0.3, 0.4) is 0 Å². The quantitative estimate of drug-likeness (QED) is 0.756. The summed E-state index contributed by atoms with van der Waals surface area (Å²) in [6.07, 6.45) is 1.86. The summed E-state index contributed by atoms with van der Waals surface area (Å²) in [5, 5.41) is 3.34. The Morgan fingerprint density at radius 1 is 0.958 bits per heavy atom. The lowest BCUT2D eigenvalue weighted by atomic mass is 10.3. The predicted octanol–water partition coefficient (Wildman–Crippen LogP) is 3.45. The highest BCUT2D eigenvalue weighted by Gasteiger charge is 2.23. The van der Waals surface area contributed by atoms with Crippen LogP contribution < -0.4 is 5.32 Å². The lowest BCUT2D eigenvalue weighted by Gasteiger charge is -2.10. The van der Waals surface area contributed by atoms with E-state index >= 15 is 0 Å². The van der Waals surface area contributed by atoms with Gasteiger partial charge in [0, 0.05) is 18.4 Å². The minimum Gasteiger partial charge on any atom is -0.316 e. The molecule has 6 heteroatoms. The van der Waals surface area contributed by atoms with E-state index in [1.54, 1.807) is 34.9 Å². The molecule has 0 unspecified atom stereocenters. The molecule has 0 aliphatic carbocycles. The first-order valence-corrected chi connectivity index (χ1v) is 8.82. The van der Waals surface area contributed by atoms with Crippen LogP contribution in [0.2, 0.25) is 0 Å². The topological polar surface area (TPSA) is 51.1 Å². The van der Waals surface area contributed by atoms with Crippen molar-refractivity contribution in [2.24, 2.45) is 0 Å². The average molecular weight is 363 g/mol. The summed E-state index contributed by atoms with van der Waals surface area (Å²) in [6, 6.07) is 19.7. The van der Waals surface area contributed by atoms with Crippen LogP contribution in [-0.4, -0.2) is 20.0 Å². The molecule has 0 aliphatic rings. The zero-order valence-corrected chi connectivity index (χ0v) is 14.8. The molecule has 0 atom stereocenters. The molecule has 0 spiro atoms. The molecule has 0 fully saturated rings. The molecule has 126 valence electrons. The highest BCUT2D eigenvalue weighted by molar-refractivity contribution is 7.91. The molecule has 4 nitrogen and oxygen atoms in total. The van der Waals surface area contributed by atoms with Crippen molar-refractivity contribution in [2.45, 2.75) is 16.5 Å². The highest BCUT2D eigenvalue weighted by Crippen LogP contribution is 2.26. The normalized spacial score (nSPS) is 11.0. The first-order valence-electron chi connectivity index (χ1n) is 7.34. The number of nitrogens with zero attached hydrogens (tertiary/aromatic N) is 1. The van der Waals surface area contributed by atoms with Gasteiger partial charge < -0.3 is 9.88 Å². The van der Waals surface area contributed by atoms with Gasteiger partial charge in [0.05, 0.1) is 4.90 Å². The molecule has 24 heavy (non-hydrogen) atoms. The van der Waals surface area contributed by atoms with Crippen LogP contribution in [0.15, 0.2) is 82.8 Å². The third-order valence-corrected chi connectivity index (χ3v) is 5.34. The van der Waals surface area contributed by atoms with Gasteiger partial charge in [-0.15, -0.1) is 12.4 Å². The SMILES string of the molecule is CNCc1cc(S(=O)(=O)c2ccccc2)n(-c2ccccc2)c1.Cl. The summed E-state index contributed by atoms with van der Waals surface area (Å²) in [6.45, 7) is 0.608. The lowest BCUT2D eigenvalue weighted by Crippen LogP contribution is -2.08. The zero-order valence-electron chi connectivity index (χ0n) is 13.2. The van der Waals surface area contributed by atoms with Gasteiger partial charge in [-0.3, -0.25) is 0 Å². The van der Waals surface area contributed by atoms with Gasteiger partial charge >= 0.3 is 0 Å². The third kappa shape index (κ3) is 3.53. The third-order valence-electron chi connectivity index (χ3n) is 3.59. The van der Waals surface area contributed by atoms with Gasteiger partial charge in [0.1, 0.15) is 5.03 Å². The number of rotatable bonds is 5. The summed E-state index contributed by atoms with van der Waals surface area (Å²) in [5.41, 5.74) is 1.75. The molecule has 1 aromatic heterocycles. The summed E-state index contributed by atoms with van der Waals surface area (Å²) in [5.74, 6) is 0. The number of benzene rings is 2. The van der Waals surface area contributed by atoms with Crippen molar-refractivity contribution in [2.75, 3.05) is 7.05 Å². The molecule has 0 saturated heterocycles. The second kappa shape index (κ2) is 7.66. The monoisotopic (exact) mass is 362 g/mol. The maximum Gasteiger partial charge on any atom is 0.222 e. The number of aromatic nitrogens is 1. The van der Waals surface area contributed by atoms with Crippen molar-refractivity contribution in [1.82, 2.24) is 9.88 Å². The van der Waals surface area contributed by atoms with Crippen LogP contribution in [0, 0.1) is 0 Å². The fraction of sp³-hybridized carbons (Fsp3) is 0.111. The lowest BCUT2D eigenvalue weighted by molar-refractivity contribution is 0.589. The number of hydrogen-bond donors (Lipinski definition) is 1. The summed E-state index contributed by atoms with van der Waals surface area (Å²) < 4.78 is 27.7. The van der Waals surface area contributed by atoms with E-state index in [1.807, 2.05) is 49.6 Å². The van der Waals surface area contributed by atoms with Gasteiger partial charge in [-0.25, -0.2) is 8.42 Å². The number of halogens is 1. The smallest absolute Gasteiger partial charge is 0.222 e. The van der Waals surface area contributed by atoms with E-state index in [1.165, 1.54) is 0 Å². The van der Waals surface area contributed by atoms with E-state index in [9.17, 15) is 8.42 Å². The zero-order chi connectivity index (χ0) is 16.3. The number of nitrogens with one attached hydrogen (secondary N) is 1. The molecule has 0 saturated carbocycles. The number of para-hydroxylation sites is 1. The summed E-state index contributed by atoms with van der Waals surface area (Å²) in [7, 11) is -1.74. The van der Waals surface area contributed by atoms with E-state index in [-0.39, 0.29) is 17.4 Å². The maximum absolute atomic E-state index is 13.0. The molecule has 0 amide bonds. The van der Waals surface area contributed by atoms with Crippen molar-refractivity contribution in [1.29, 1.82) is 0 Å². The Labute approximate surface area is 148 Å². The Morgan fingerprint density at radius 3 is 2.12 bits per heavy atom. The standard InChI is InChI=1S/C18H18N2O2S.ClH/c1-19-13-15-12-18(20(14-15)16-8-4-2-5-9-16)23(21,22)17-10-6-3-7-11-17;/h2-12,14,19H,13H2,1H3;1H. The largest absolute Gasteiger partial charge is 0.316 e. The minimum atomic E-state index is -3.58. The van der Waals surface area contributed by atoms with Crippen molar-refractivity contribution >= 4 is 22.2 Å². The summed E-state index contributed by atoms with van der Waals surface area (Å²) in [4.78, 5) is 0.297.